The Morgan fingerprint density at radius 2 is 1.67 bits per heavy atom. The number of aliphatic hydroxyl groups excluding tert-OH is 1. The predicted octanol–water partition coefficient (Wildman–Crippen LogP) is 4.46. The van der Waals surface area contributed by atoms with Crippen LogP contribution in [0.25, 0.3) is 5.76 Å². The van der Waals surface area contributed by atoms with Crippen molar-refractivity contribution < 1.29 is 23.8 Å². The van der Waals surface area contributed by atoms with E-state index in [0.29, 0.717) is 17.0 Å². The topological polar surface area (TPSA) is 66.8 Å². The molecule has 3 aromatic rings. The smallest absolute Gasteiger partial charge is 0.300 e. The van der Waals surface area contributed by atoms with Gasteiger partial charge in [0, 0.05) is 22.9 Å². The summed E-state index contributed by atoms with van der Waals surface area (Å²) in [7, 11) is 1.48. The Bertz CT molecular complexity index is 1160. The highest BCUT2D eigenvalue weighted by Gasteiger charge is 2.47. The van der Waals surface area contributed by atoms with Gasteiger partial charge in [-0.15, -0.1) is 0 Å². The molecule has 1 amide bonds. The average molecular weight is 403 g/mol. The summed E-state index contributed by atoms with van der Waals surface area (Å²) in [4.78, 5) is 27.2. The van der Waals surface area contributed by atoms with E-state index in [1.807, 2.05) is 0 Å². The number of ether oxygens (including phenoxy) is 1. The van der Waals surface area contributed by atoms with Gasteiger partial charge in [-0.1, -0.05) is 54.6 Å². The monoisotopic (exact) mass is 403 g/mol. The number of benzene rings is 3. The highest BCUT2D eigenvalue weighted by molar-refractivity contribution is 6.51. The van der Waals surface area contributed by atoms with E-state index in [-0.39, 0.29) is 16.9 Å². The highest BCUT2D eigenvalue weighted by Crippen LogP contribution is 2.43. The summed E-state index contributed by atoms with van der Waals surface area (Å²) in [5.74, 6) is -2.20. The molecule has 6 heteroatoms. The number of Topliss-reactive ketones (excluding diaryl/α,β-unsaturated/α-hetero) is 1. The van der Waals surface area contributed by atoms with Crippen molar-refractivity contribution in [3.8, 4) is 5.75 Å². The van der Waals surface area contributed by atoms with Crippen LogP contribution in [0, 0.1) is 5.82 Å². The number of rotatable bonds is 4. The third kappa shape index (κ3) is 3.22. The number of hydrogen-bond acceptors (Lipinski definition) is 4. The molecule has 30 heavy (non-hydrogen) atoms. The first-order valence-corrected chi connectivity index (χ1v) is 9.28. The number of aliphatic hydroxyl groups is 1. The van der Waals surface area contributed by atoms with Gasteiger partial charge in [-0.3, -0.25) is 14.5 Å². The molecular weight excluding hydrogens is 385 g/mol. The lowest BCUT2D eigenvalue weighted by atomic mass is 9.94. The van der Waals surface area contributed by atoms with Gasteiger partial charge in [0.25, 0.3) is 11.7 Å². The Hall–Kier alpha value is -3.93. The predicted molar refractivity (Wildman–Crippen MR) is 111 cm³/mol. The number of halogens is 1. The molecule has 150 valence electrons. The highest BCUT2D eigenvalue weighted by atomic mass is 19.1. The Balaban J connectivity index is 1.98. The van der Waals surface area contributed by atoms with Crippen molar-refractivity contribution in [1.29, 1.82) is 0 Å². The van der Waals surface area contributed by atoms with Crippen molar-refractivity contribution in [3.05, 3.63) is 101 Å². The van der Waals surface area contributed by atoms with Crippen LogP contribution in [0.4, 0.5) is 10.1 Å². The molecule has 1 fully saturated rings. The molecule has 1 N–H and O–H groups in total. The Morgan fingerprint density at radius 1 is 0.967 bits per heavy atom. The Morgan fingerprint density at radius 3 is 2.37 bits per heavy atom. The molecule has 1 aliphatic rings. The molecule has 0 aromatic heterocycles. The zero-order valence-electron chi connectivity index (χ0n) is 16.1. The molecule has 0 saturated carbocycles. The molecule has 4 rings (SSSR count). The molecule has 0 bridgehead atoms. The van der Waals surface area contributed by atoms with Gasteiger partial charge in [0.15, 0.2) is 0 Å². The molecule has 5 nitrogen and oxygen atoms in total. The second-order valence-electron chi connectivity index (χ2n) is 6.76. The van der Waals surface area contributed by atoms with Crippen LogP contribution in [-0.2, 0) is 9.59 Å². The minimum atomic E-state index is -1.13. The van der Waals surface area contributed by atoms with Crippen molar-refractivity contribution >= 4 is 23.1 Å². The fraction of sp³-hybridized carbons (Fsp3) is 0.0833. The minimum Gasteiger partial charge on any atom is -0.507 e. The molecule has 1 heterocycles. The van der Waals surface area contributed by atoms with Gasteiger partial charge < -0.3 is 9.84 Å². The molecular formula is C24H18FNO4. The molecule has 1 saturated heterocycles. The average Bonchev–Trinajstić information content (AvgIpc) is 3.04. The van der Waals surface area contributed by atoms with E-state index >= 15 is 0 Å². The lowest BCUT2D eigenvalue weighted by Gasteiger charge is -2.26. The molecule has 1 atom stereocenters. The normalized spacial score (nSPS) is 17.9. The van der Waals surface area contributed by atoms with Crippen molar-refractivity contribution in [2.45, 2.75) is 6.04 Å². The van der Waals surface area contributed by atoms with Gasteiger partial charge in [0.2, 0.25) is 0 Å². The summed E-state index contributed by atoms with van der Waals surface area (Å²) < 4.78 is 20.0. The van der Waals surface area contributed by atoms with E-state index < -0.39 is 23.5 Å². The SMILES string of the molecule is COc1cccc(N2C(=O)C(=O)/C(=C(/O)c3ccccc3)[C@@H]2c2ccccc2F)c1. The van der Waals surface area contributed by atoms with Gasteiger partial charge in [0.1, 0.15) is 17.3 Å². The van der Waals surface area contributed by atoms with Crippen LogP contribution in [-0.4, -0.2) is 23.9 Å². The molecule has 1 aliphatic heterocycles. The fourth-order valence-corrected chi connectivity index (χ4v) is 3.60. The first-order valence-electron chi connectivity index (χ1n) is 9.28. The molecule has 0 radical (unpaired) electrons. The second kappa shape index (κ2) is 7.83. The Kier molecular flexibility index (Phi) is 5.06. The zero-order valence-corrected chi connectivity index (χ0v) is 16.1. The van der Waals surface area contributed by atoms with Crippen LogP contribution in [0.2, 0.25) is 0 Å². The van der Waals surface area contributed by atoms with E-state index in [0.717, 1.165) is 0 Å². The molecule has 0 unspecified atom stereocenters. The van der Waals surface area contributed by atoms with Crippen molar-refractivity contribution in [2.24, 2.45) is 0 Å². The maximum atomic E-state index is 14.8. The van der Waals surface area contributed by atoms with E-state index in [4.69, 9.17) is 4.74 Å². The van der Waals surface area contributed by atoms with Crippen LogP contribution < -0.4 is 9.64 Å². The van der Waals surface area contributed by atoms with Crippen LogP contribution in [0.5, 0.6) is 5.75 Å². The second-order valence-corrected chi connectivity index (χ2v) is 6.76. The van der Waals surface area contributed by atoms with E-state index in [2.05, 4.69) is 0 Å². The number of anilines is 1. The summed E-state index contributed by atoms with van der Waals surface area (Å²) >= 11 is 0. The fourth-order valence-electron chi connectivity index (χ4n) is 3.60. The number of nitrogens with zero attached hydrogens (tertiary/aromatic N) is 1. The first kappa shape index (κ1) is 19.4. The largest absolute Gasteiger partial charge is 0.507 e. The minimum absolute atomic E-state index is 0.108. The summed E-state index contributed by atoms with van der Waals surface area (Å²) in [5.41, 5.74) is 0.662. The summed E-state index contributed by atoms with van der Waals surface area (Å²) in [6.07, 6.45) is 0. The van der Waals surface area contributed by atoms with Crippen LogP contribution in [0.3, 0.4) is 0 Å². The van der Waals surface area contributed by atoms with Crippen molar-refractivity contribution in [1.82, 2.24) is 0 Å². The van der Waals surface area contributed by atoms with Gasteiger partial charge in [0.05, 0.1) is 18.7 Å². The standard InChI is InChI=1S/C24H18FNO4/c1-30-17-11-7-10-16(14-17)26-21(18-12-5-6-13-19(18)25)20(23(28)24(26)29)22(27)15-8-3-2-4-9-15/h2-14,21,27H,1H3/b22-20+/t21-/m0/s1. The third-order valence-electron chi connectivity index (χ3n) is 5.02. The van der Waals surface area contributed by atoms with Crippen LogP contribution in [0.15, 0.2) is 84.4 Å². The van der Waals surface area contributed by atoms with Gasteiger partial charge in [-0.2, -0.15) is 0 Å². The van der Waals surface area contributed by atoms with Crippen molar-refractivity contribution in [2.75, 3.05) is 12.0 Å². The number of carbonyl (C=O) groups is 2. The molecule has 0 spiro atoms. The van der Waals surface area contributed by atoms with E-state index in [1.54, 1.807) is 60.7 Å². The number of carbonyl (C=O) groups excluding carboxylic acids is 2. The number of amides is 1. The lowest BCUT2D eigenvalue weighted by molar-refractivity contribution is -0.132. The summed E-state index contributed by atoms with van der Waals surface area (Å²) in [5, 5.41) is 10.9. The number of hydrogen-bond donors (Lipinski definition) is 1. The molecule has 3 aromatic carbocycles. The van der Waals surface area contributed by atoms with Crippen LogP contribution >= 0.6 is 0 Å². The van der Waals surface area contributed by atoms with Gasteiger partial charge in [-0.25, -0.2) is 4.39 Å². The van der Waals surface area contributed by atoms with Crippen molar-refractivity contribution in [3.63, 3.8) is 0 Å². The van der Waals surface area contributed by atoms with Gasteiger partial charge >= 0.3 is 0 Å². The first-order chi connectivity index (χ1) is 14.5. The van der Waals surface area contributed by atoms with Gasteiger partial charge in [-0.05, 0) is 18.2 Å². The maximum Gasteiger partial charge on any atom is 0.300 e. The number of methoxy groups -OCH3 is 1. The van der Waals surface area contributed by atoms with Crippen LogP contribution in [0.1, 0.15) is 17.2 Å². The lowest BCUT2D eigenvalue weighted by Crippen LogP contribution is -2.29. The third-order valence-corrected chi connectivity index (χ3v) is 5.02. The summed E-state index contributed by atoms with van der Waals surface area (Å²) in [6.45, 7) is 0. The quantitative estimate of drug-likeness (QED) is 0.397. The number of ketones is 1. The summed E-state index contributed by atoms with van der Waals surface area (Å²) in [6, 6.07) is 19.7. The van der Waals surface area contributed by atoms with E-state index in [9.17, 15) is 19.1 Å². The van der Waals surface area contributed by atoms with E-state index in [1.165, 1.54) is 30.2 Å². The zero-order chi connectivity index (χ0) is 21.3. The molecule has 0 aliphatic carbocycles. The Labute approximate surface area is 172 Å². The maximum absolute atomic E-state index is 14.8.